The Hall–Kier alpha value is -0.780. The molecule has 0 aliphatic rings. The Bertz CT molecular complexity index is 467. The van der Waals surface area contributed by atoms with E-state index in [4.69, 9.17) is 25.7 Å². The molecule has 6 nitrogen and oxygen atoms in total. The predicted octanol–water partition coefficient (Wildman–Crippen LogP) is 1.13. The Kier molecular flexibility index (Phi) is 7.18. The SMILES string of the molecule is C#CCc1cccc(O)c1I=O.O=P(O)(O)O. The summed E-state index contributed by atoms with van der Waals surface area (Å²) in [6.45, 7) is 0. The highest BCUT2D eigenvalue weighted by Gasteiger charge is 2.05. The fourth-order valence-corrected chi connectivity index (χ4v) is 1.96. The normalized spacial score (nSPS) is 10.0. The fraction of sp³-hybridized carbons (Fsp3) is 0.111. The summed E-state index contributed by atoms with van der Waals surface area (Å²) in [5.41, 5.74) is 0.792. The van der Waals surface area contributed by atoms with Gasteiger partial charge in [-0.1, -0.05) is 12.1 Å². The number of phosphoric acid groups is 1. The number of phenols is 1. The van der Waals surface area contributed by atoms with E-state index in [1.807, 2.05) is 0 Å². The summed E-state index contributed by atoms with van der Waals surface area (Å²) in [6.07, 6.45) is 5.54. The van der Waals surface area contributed by atoms with Gasteiger partial charge in [-0.2, -0.15) is 0 Å². The largest absolute Gasteiger partial charge is 0.507 e. The van der Waals surface area contributed by atoms with Crippen molar-refractivity contribution < 1.29 is 27.4 Å². The Morgan fingerprint density at radius 3 is 2.29 bits per heavy atom. The Balaban J connectivity index is 0.000000437. The molecule has 0 aliphatic carbocycles. The molecule has 0 radical (unpaired) electrons. The van der Waals surface area contributed by atoms with Gasteiger partial charge in [-0.3, -0.25) is 3.07 Å². The summed E-state index contributed by atoms with van der Waals surface area (Å²) in [5.74, 6) is 2.54. The zero-order chi connectivity index (χ0) is 13.5. The van der Waals surface area contributed by atoms with Crippen LogP contribution in [0.5, 0.6) is 5.75 Å². The molecule has 8 heteroatoms. The third kappa shape index (κ3) is 8.01. The molecule has 94 valence electrons. The molecule has 0 heterocycles. The highest BCUT2D eigenvalue weighted by atomic mass is 127. The van der Waals surface area contributed by atoms with Gasteiger partial charge in [-0.05, 0) is 11.6 Å². The summed E-state index contributed by atoms with van der Waals surface area (Å²) in [4.78, 5) is 21.6. The van der Waals surface area contributed by atoms with Gasteiger partial charge >= 0.3 is 7.82 Å². The first-order valence-electron chi connectivity index (χ1n) is 4.09. The fourth-order valence-electron chi connectivity index (χ4n) is 0.902. The Morgan fingerprint density at radius 1 is 1.35 bits per heavy atom. The molecule has 0 aliphatic heterocycles. The van der Waals surface area contributed by atoms with Crippen LogP contribution in [-0.2, 0) is 14.1 Å². The minimum Gasteiger partial charge on any atom is -0.507 e. The van der Waals surface area contributed by atoms with Crippen LogP contribution in [0, 0.1) is 15.9 Å². The van der Waals surface area contributed by atoms with Gasteiger partial charge < -0.3 is 19.8 Å². The molecule has 17 heavy (non-hydrogen) atoms. The second kappa shape index (κ2) is 7.53. The summed E-state index contributed by atoms with van der Waals surface area (Å²) < 4.78 is 20.1. The zero-order valence-corrected chi connectivity index (χ0v) is 11.5. The Labute approximate surface area is 108 Å². The molecule has 0 saturated heterocycles. The molecule has 0 unspecified atom stereocenters. The van der Waals surface area contributed by atoms with Gasteiger partial charge in [-0.25, -0.2) is 4.57 Å². The van der Waals surface area contributed by atoms with Crippen LogP contribution in [0.1, 0.15) is 5.56 Å². The van der Waals surface area contributed by atoms with Gasteiger partial charge in [0.05, 0.1) is 3.57 Å². The van der Waals surface area contributed by atoms with E-state index >= 15 is 0 Å². The molecule has 0 fully saturated rings. The molecular weight excluding hydrogens is 362 g/mol. The van der Waals surface area contributed by atoms with Crippen LogP contribution in [0.25, 0.3) is 0 Å². The van der Waals surface area contributed by atoms with E-state index in [1.54, 1.807) is 12.1 Å². The van der Waals surface area contributed by atoms with E-state index in [9.17, 15) is 8.18 Å². The molecule has 0 aromatic heterocycles. The van der Waals surface area contributed by atoms with Crippen LogP contribution in [0.2, 0.25) is 0 Å². The van der Waals surface area contributed by atoms with E-state index < -0.39 is 29.0 Å². The number of rotatable bonds is 2. The molecule has 0 bridgehead atoms. The number of aromatic hydroxyl groups is 1. The van der Waals surface area contributed by atoms with Crippen LogP contribution in [0.3, 0.4) is 0 Å². The molecular formula is C9H10IO6P. The lowest BCUT2D eigenvalue weighted by Gasteiger charge is -2.00. The summed E-state index contributed by atoms with van der Waals surface area (Å²) in [5, 5.41) is 9.28. The third-order valence-electron chi connectivity index (χ3n) is 1.43. The van der Waals surface area contributed by atoms with E-state index in [-0.39, 0.29) is 5.75 Å². The lowest BCUT2D eigenvalue weighted by Crippen LogP contribution is -1.86. The van der Waals surface area contributed by atoms with E-state index in [1.165, 1.54) is 6.07 Å². The van der Waals surface area contributed by atoms with Crippen molar-refractivity contribution in [1.29, 1.82) is 0 Å². The van der Waals surface area contributed by atoms with E-state index in [2.05, 4.69) is 5.92 Å². The number of hydrogen-bond acceptors (Lipinski definition) is 3. The maximum atomic E-state index is 10.7. The summed E-state index contributed by atoms with van der Waals surface area (Å²) in [6, 6.07) is 5.00. The number of benzene rings is 1. The lowest BCUT2D eigenvalue weighted by atomic mass is 10.1. The molecule has 4 N–H and O–H groups in total. The quantitative estimate of drug-likeness (QED) is 0.352. The van der Waals surface area contributed by atoms with Gasteiger partial charge in [0.15, 0.2) is 21.2 Å². The van der Waals surface area contributed by atoms with Gasteiger partial charge in [0.2, 0.25) is 0 Å². The first kappa shape index (κ1) is 16.2. The first-order valence-corrected chi connectivity index (χ1v) is 7.61. The van der Waals surface area contributed by atoms with Crippen molar-refractivity contribution in [3.63, 3.8) is 0 Å². The average Bonchev–Trinajstić information content (AvgIpc) is 2.16. The molecule has 1 rings (SSSR count). The van der Waals surface area contributed by atoms with Gasteiger partial charge in [-0.15, -0.1) is 12.3 Å². The van der Waals surface area contributed by atoms with Crippen molar-refractivity contribution >= 4 is 29.0 Å². The average molecular weight is 372 g/mol. The van der Waals surface area contributed by atoms with Crippen molar-refractivity contribution in [2.24, 2.45) is 0 Å². The van der Waals surface area contributed by atoms with Crippen molar-refractivity contribution in [2.75, 3.05) is 0 Å². The monoisotopic (exact) mass is 372 g/mol. The molecule has 0 saturated carbocycles. The second-order valence-corrected chi connectivity index (χ2v) is 5.27. The summed E-state index contributed by atoms with van der Waals surface area (Å²) in [7, 11) is -4.64. The van der Waals surface area contributed by atoms with E-state index in [0.717, 1.165) is 5.56 Å². The second-order valence-electron chi connectivity index (χ2n) is 2.72. The standard InChI is InChI=1S/C9H7IO2.H3O4P/c1-2-4-7-5-3-6-8(11)9(7)10-12;1-5(2,3)4/h1,3,5-6,11H,4H2;(H3,1,2,3,4). The van der Waals surface area contributed by atoms with Crippen LogP contribution < -0.4 is 0 Å². The third-order valence-corrected chi connectivity index (χ3v) is 3.11. The van der Waals surface area contributed by atoms with Crippen molar-refractivity contribution in [3.05, 3.63) is 27.3 Å². The van der Waals surface area contributed by atoms with Gasteiger partial charge in [0.25, 0.3) is 0 Å². The smallest absolute Gasteiger partial charge is 0.466 e. The van der Waals surface area contributed by atoms with Crippen LogP contribution in [-0.4, -0.2) is 19.8 Å². The molecule has 1 aromatic carbocycles. The van der Waals surface area contributed by atoms with Crippen LogP contribution in [0.4, 0.5) is 0 Å². The van der Waals surface area contributed by atoms with Gasteiger partial charge in [0.1, 0.15) is 5.75 Å². The first-order chi connectivity index (χ1) is 7.79. The maximum Gasteiger partial charge on any atom is 0.466 e. The van der Waals surface area contributed by atoms with Crippen LogP contribution in [0.15, 0.2) is 18.2 Å². The number of hydrogen-bond donors (Lipinski definition) is 4. The topological polar surface area (TPSA) is 115 Å². The number of halogens is 1. The molecule has 0 spiro atoms. The summed E-state index contributed by atoms with van der Waals surface area (Å²) >= 11 is -1.34. The minimum atomic E-state index is -4.64. The van der Waals surface area contributed by atoms with Crippen LogP contribution >= 0.6 is 29.0 Å². The maximum absolute atomic E-state index is 10.7. The van der Waals surface area contributed by atoms with Crippen molar-refractivity contribution in [1.82, 2.24) is 0 Å². The lowest BCUT2D eigenvalue weighted by molar-refractivity contribution is 0.275. The van der Waals surface area contributed by atoms with E-state index in [0.29, 0.717) is 9.99 Å². The van der Waals surface area contributed by atoms with Crippen molar-refractivity contribution in [2.45, 2.75) is 6.42 Å². The molecule has 0 atom stereocenters. The number of terminal acetylenes is 1. The molecule has 0 amide bonds. The Morgan fingerprint density at radius 2 is 1.88 bits per heavy atom. The number of phenolic OH excluding ortho intramolecular Hbond substituents is 1. The molecule has 1 aromatic rings. The van der Waals surface area contributed by atoms with Crippen molar-refractivity contribution in [3.8, 4) is 18.1 Å². The highest BCUT2D eigenvalue weighted by molar-refractivity contribution is 14.1. The minimum absolute atomic E-state index is 0.0885. The highest BCUT2D eigenvalue weighted by Crippen LogP contribution is 2.26. The zero-order valence-electron chi connectivity index (χ0n) is 8.45. The van der Waals surface area contributed by atoms with Gasteiger partial charge in [0, 0.05) is 6.42 Å². The predicted molar refractivity (Wildman–Crippen MR) is 68.3 cm³/mol.